The Hall–Kier alpha value is -2.73. The van der Waals surface area contributed by atoms with Gasteiger partial charge in [0.2, 0.25) is 5.91 Å². The summed E-state index contributed by atoms with van der Waals surface area (Å²) in [5.41, 5.74) is 2.79. The predicted octanol–water partition coefficient (Wildman–Crippen LogP) is 3.51. The van der Waals surface area contributed by atoms with Crippen molar-refractivity contribution in [1.82, 2.24) is 10.2 Å². The zero-order valence-corrected chi connectivity index (χ0v) is 16.8. The highest BCUT2D eigenvalue weighted by molar-refractivity contribution is 6.30. The van der Waals surface area contributed by atoms with Crippen molar-refractivity contribution in [2.45, 2.75) is 20.0 Å². The van der Waals surface area contributed by atoms with E-state index in [4.69, 9.17) is 16.3 Å². The van der Waals surface area contributed by atoms with Crippen molar-refractivity contribution in [2.75, 3.05) is 26.5 Å². The van der Waals surface area contributed by atoms with Crippen LogP contribution >= 0.6 is 11.6 Å². The third-order valence-electron chi connectivity index (χ3n) is 3.93. The number of methoxy groups -OCH3 is 1. The van der Waals surface area contributed by atoms with Crippen molar-refractivity contribution in [3.8, 4) is 5.75 Å². The number of carbonyl (C=O) groups excluding carboxylic acids is 1. The normalized spacial score (nSPS) is 11.1. The van der Waals surface area contributed by atoms with Crippen molar-refractivity contribution in [2.24, 2.45) is 4.99 Å². The lowest BCUT2D eigenvalue weighted by molar-refractivity contribution is -0.114. The molecule has 7 heteroatoms. The summed E-state index contributed by atoms with van der Waals surface area (Å²) >= 11 is 5.94. The quantitative estimate of drug-likeness (QED) is 0.587. The maximum atomic E-state index is 11.4. The lowest BCUT2D eigenvalue weighted by atomic mass is 10.2. The molecule has 27 heavy (non-hydrogen) atoms. The minimum atomic E-state index is -0.142. The second kappa shape index (κ2) is 9.83. The van der Waals surface area contributed by atoms with E-state index in [9.17, 15) is 4.79 Å². The standard InChI is InChI=1S/C20H25ClN4O2/c1-14(26)24-18-11-16(7-10-19(18)27-4)12-23-20(22-2)25(3)13-15-5-8-17(21)9-6-15/h5-11H,12-13H2,1-4H3,(H,22,23)(H,24,26). The topological polar surface area (TPSA) is 66.0 Å². The molecular formula is C20H25ClN4O2. The molecule has 0 aliphatic rings. The number of anilines is 1. The van der Waals surface area contributed by atoms with Gasteiger partial charge >= 0.3 is 0 Å². The van der Waals surface area contributed by atoms with Crippen LogP contribution in [0.2, 0.25) is 5.02 Å². The molecule has 2 rings (SSSR count). The van der Waals surface area contributed by atoms with E-state index in [1.807, 2.05) is 54.4 Å². The van der Waals surface area contributed by atoms with Gasteiger partial charge in [0.15, 0.2) is 5.96 Å². The Balaban J connectivity index is 2.02. The van der Waals surface area contributed by atoms with Gasteiger partial charge in [-0.15, -0.1) is 0 Å². The van der Waals surface area contributed by atoms with Gasteiger partial charge < -0.3 is 20.3 Å². The number of aliphatic imine (C=N–C) groups is 1. The largest absolute Gasteiger partial charge is 0.495 e. The maximum absolute atomic E-state index is 11.4. The second-order valence-corrected chi connectivity index (χ2v) is 6.54. The number of nitrogens with one attached hydrogen (secondary N) is 2. The average Bonchev–Trinajstić information content (AvgIpc) is 2.64. The molecule has 0 aliphatic carbocycles. The fourth-order valence-electron chi connectivity index (χ4n) is 2.66. The number of guanidine groups is 1. The van der Waals surface area contributed by atoms with Gasteiger partial charge in [-0.25, -0.2) is 0 Å². The van der Waals surface area contributed by atoms with Crippen molar-refractivity contribution in [1.29, 1.82) is 0 Å². The lowest BCUT2D eigenvalue weighted by Gasteiger charge is -2.22. The first kappa shape index (κ1) is 20.6. The summed E-state index contributed by atoms with van der Waals surface area (Å²) in [5.74, 6) is 1.25. The van der Waals surface area contributed by atoms with E-state index in [1.165, 1.54) is 6.92 Å². The van der Waals surface area contributed by atoms with Crippen LogP contribution in [-0.4, -0.2) is 38.0 Å². The van der Waals surface area contributed by atoms with Crippen LogP contribution in [0, 0.1) is 0 Å². The molecule has 0 bridgehead atoms. The zero-order chi connectivity index (χ0) is 19.8. The molecule has 0 spiro atoms. The van der Waals surface area contributed by atoms with Crippen LogP contribution in [0.4, 0.5) is 5.69 Å². The van der Waals surface area contributed by atoms with Gasteiger partial charge in [-0.2, -0.15) is 0 Å². The van der Waals surface area contributed by atoms with Crippen LogP contribution in [0.5, 0.6) is 5.75 Å². The highest BCUT2D eigenvalue weighted by atomic mass is 35.5. The molecule has 6 nitrogen and oxygen atoms in total. The van der Waals surface area contributed by atoms with Gasteiger partial charge in [-0.1, -0.05) is 29.8 Å². The zero-order valence-electron chi connectivity index (χ0n) is 16.0. The summed E-state index contributed by atoms with van der Waals surface area (Å²) in [4.78, 5) is 17.7. The number of nitrogens with zero attached hydrogens (tertiary/aromatic N) is 2. The number of hydrogen-bond acceptors (Lipinski definition) is 3. The van der Waals surface area contributed by atoms with E-state index < -0.39 is 0 Å². The van der Waals surface area contributed by atoms with E-state index in [0.29, 0.717) is 24.5 Å². The molecule has 2 aromatic rings. The second-order valence-electron chi connectivity index (χ2n) is 6.10. The minimum absolute atomic E-state index is 0.142. The van der Waals surface area contributed by atoms with E-state index >= 15 is 0 Å². The van der Waals surface area contributed by atoms with Crippen LogP contribution in [0.15, 0.2) is 47.5 Å². The molecule has 2 aromatic carbocycles. The lowest BCUT2D eigenvalue weighted by Crippen LogP contribution is -2.38. The molecule has 1 amide bonds. The van der Waals surface area contributed by atoms with Gasteiger partial charge in [0, 0.05) is 39.1 Å². The third-order valence-corrected chi connectivity index (χ3v) is 4.18. The van der Waals surface area contributed by atoms with Gasteiger partial charge in [-0.3, -0.25) is 9.79 Å². The number of carbonyl (C=O) groups is 1. The fourth-order valence-corrected chi connectivity index (χ4v) is 2.78. The van der Waals surface area contributed by atoms with Crippen LogP contribution in [0.25, 0.3) is 0 Å². The molecule has 144 valence electrons. The van der Waals surface area contributed by atoms with Crippen molar-refractivity contribution >= 4 is 29.2 Å². The Bertz CT molecular complexity index is 806. The summed E-state index contributed by atoms with van der Waals surface area (Å²) in [6, 6.07) is 13.4. The van der Waals surface area contributed by atoms with E-state index in [-0.39, 0.29) is 5.91 Å². The van der Waals surface area contributed by atoms with E-state index in [1.54, 1.807) is 14.2 Å². The molecule has 0 aromatic heterocycles. The molecule has 0 aliphatic heterocycles. The Kier molecular flexibility index (Phi) is 7.49. The Morgan fingerprint density at radius 2 is 1.85 bits per heavy atom. The first-order chi connectivity index (χ1) is 12.9. The van der Waals surface area contributed by atoms with Crippen LogP contribution < -0.4 is 15.4 Å². The van der Waals surface area contributed by atoms with Crippen molar-refractivity contribution < 1.29 is 9.53 Å². The van der Waals surface area contributed by atoms with Crippen LogP contribution in [0.3, 0.4) is 0 Å². The number of halogens is 1. The monoisotopic (exact) mass is 388 g/mol. The summed E-state index contributed by atoms with van der Waals surface area (Å²) in [6.45, 7) is 2.74. The maximum Gasteiger partial charge on any atom is 0.221 e. The van der Waals surface area contributed by atoms with Gasteiger partial charge in [0.1, 0.15) is 5.75 Å². The van der Waals surface area contributed by atoms with Gasteiger partial charge in [-0.05, 0) is 35.4 Å². The SMILES string of the molecule is CN=C(NCc1ccc(OC)c(NC(C)=O)c1)N(C)Cc1ccc(Cl)cc1. The smallest absolute Gasteiger partial charge is 0.221 e. The first-order valence-electron chi connectivity index (χ1n) is 8.53. The number of benzene rings is 2. The summed E-state index contributed by atoms with van der Waals surface area (Å²) in [6.07, 6.45) is 0. The highest BCUT2D eigenvalue weighted by Crippen LogP contribution is 2.25. The van der Waals surface area contributed by atoms with Crippen LogP contribution in [-0.2, 0) is 17.9 Å². The van der Waals surface area contributed by atoms with Crippen molar-refractivity contribution in [3.63, 3.8) is 0 Å². The minimum Gasteiger partial charge on any atom is -0.495 e. The highest BCUT2D eigenvalue weighted by Gasteiger charge is 2.09. The Morgan fingerprint density at radius 1 is 1.19 bits per heavy atom. The third kappa shape index (κ3) is 6.18. The molecule has 0 radical (unpaired) electrons. The Morgan fingerprint density at radius 3 is 2.44 bits per heavy atom. The predicted molar refractivity (Wildman–Crippen MR) is 110 cm³/mol. The summed E-state index contributed by atoms with van der Waals surface area (Å²) in [5, 5.41) is 6.84. The molecule has 0 fully saturated rings. The fraction of sp³-hybridized carbons (Fsp3) is 0.300. The molecule has 2 N–H and O–H groups in total. The van der Waals surface area contributed by atoms with E-state index in [0.717, 1.165) is 22.1 Å². The number of amides is 1. The molecular weight excluding hydrogens is 364 g/mol. The van der Waals surface area contributed by atoms with Crippen molar-refractivity contribution in [3.05, 3.63) is 58.6 Å². The summed E-state index contributed by atoms with van der Waals surface area (Å²) in [7, 11) is 5.30. The van der Waals surface area contributed by atoms with E-state index in [2.05, 4.69) is 15.6 Å². The van der Waals surface area contributed by atoms with Gasteiger partial charge in [0.05, 0.1) is 12.8 Å². The first-order valence-corrected chi connectivity index (χ1v) is 8.91. The Labute approximate surface area is 165 Å². The molecule has 0 heterocycles. The molecule has 0 unspecified atom stereocenters. The molecule has 0 atom stereocenters. The van der Waals surface area contributed by atoms with Gasteiger partial charge in [0.25, 0.3) is 0 Å². The van der Waals surface area contributed by atoms with Crippen LogP contribution in [0.1, 0.15) is 18.1 Å². The molecule has 0 saturated carbocycles. The number of ether oxygens (including phenoxy) is 1. The summed E-state index contributed by atoms with van der Waals surface area (Å²) < 4.78 is 5.28. The average molecular weight is 389 g/mol. The number of hydrogen-bond donors (Lipinski definition) is 2. The number of rotatable bonds is 6. The molecule has 0 saturated heterocycles.